The molecule has 0 spiro atoms. The van der Waals surface area contributed by atoms with Crippen LogP contribution in [0, 0.1) is 0 Å². The topological polar surface area (TPSA) is 66.2 Å². The molecule has 17 heavy (non-hydrogen) atoms. The molecule has 2 aromatic carbocycles. The summed E-state index contributed by atoms with van der Waals surface area (Å²) in [6.07, 6.45) is 0. The number of aromatic nitrogens is 2. The number of hydrogen-bond donors (Lipinski definition) is 2. The van der Waals surface area contributed by atoms with E-state index in [0.29, 0.717) is 11.0 Å². The van der Waals surface area contributed by atoms with Crippen molar-refractivity contribution in [2.75, 3.05) is 0 Å². The van der Waals surface area contributed by atoms with E-state index in [2.05, 4.69) is 25.9 Å². The quantitative estimate of drug-likeness (QED) is 0.625. The van der Waals surface area contributed by atoms with Gasteiger partial charge in [-0.05, 0) is 11.5 Å². The highest BCUT2D eigenvalue weighted by atomic mass is 79.9. The predicted molar refractivity (Wildman–Crippen MR) is 68.1 cm³/mol. The number of rotatable bonds is 0. The molecule has 0 amide bonds. The van der Waals surface area contributed by atoms with Gasteiger partial charge in [0.15, 0.2) is 0 Å². The molecule has 0 bridgehead atoms. The monoisotopic (exact) mass is 290 g/mol. The third kappa shape index (κ3) is 1.51. The van der Waals surface area contributed by atoms with Crippen LogP contribution in [-0.2, 0) is 0 Å². The van der Waals surface area contributed by atoms with Gasteiger partial charge < -0.3 is 10.2 Å². The van der Waals surface area contributed by atoms with Crippen LogP contribution in [0.1, 0.15) is 0 Å². The van der Waals surface area contributed by atoms with Gasteiger partial charge in [-0.25, -0.2) is 9.97 Å². The van der Waals surface area contributed by atoms with Gasteiger partial charge >= 0.3 is 0 Å². The highest BCUT2D eigenvalue weighted by molar-refractivity contribution is 9.10. The molecule has 4 nitrogen and oxygen atoms in total. The molecule has 0 saturated heterocycles. The molecule has 5 heteroatoms. The smallest absolute Gasteiger partial charge is 0.276 e. The summed E-state index contributed by atoms with van der Waals surface area (Å²) in [6, 6.07) is 9.42. The van der Waals surface area contributed by atoms with Crippen molar-refractivity contribution in [3.63, 3.8) is 0 Å². The fourth-order valence-corrected chi connectivity index (χ4v) is 2.39. The number of halogens is 1. The number of benzene rings is 2. The van der Waals surface area contributed by atoms with Crippen molar-refractivity contribution >= 4 is 37.7 Å². The molecule has 0 aliphatic rings. The first-order valence-electron chi connectivity index (χ1n) is 4.94. The zero-order valence-electron chi connectivity index (χ0n) is 8.55. The van der Waals surface area contributed by atoms with Crippen LogP contribution in [0.3, 0.4) is 0 Å². The van der Waals surface area contributed by atoms with Gasteiger partial charge in [0.1, 0.15) is 5.52 Å². The van der Waals surface area contributed by atoms with Crippen LogP contribution in [0.4, 0.5) is 0 Å². The zero-order valence-corrected chi connectivity index (χ0v) is 10.1. The molecule has 1 aromatic heterocycles. The van der Waals surface area contributed by atoms with Crippen LogP contribution in [0.5, 0.6) is 11.8 Å². The normalized spacial score (nSPS) is 11.1. The number of fused-ring (bicyclic) bond motifs is 3. The number of nitrogens with zero attached hydrogens (tertiary/aromatic N) is 2. The van der Waals surface area contributed by atoms with Crippen LogP contribution < -0.4 is 0 Å². The molecule has 3 rings (SSSR count). The first-order valence-corrected chi connectivity index (χ1v) is 5.73. The Morgan fingerprint density at radius 1 is 0.941 bits per heavy atom. The average molecular weight is 291 g/mol. The van der Waals surface area contributed by atoms with Gasteiger partial charge in [-0.15, -0.1) is 0 Å². The standard InChI is InChI=1S/C12H7BrN2O2/c13-8-5-9-10(15-12(17)11(16)14-9)7-4-2-1-3-6(7)8/h1-5H,(H,14,16)(H,15,17). The molecule has 0 aliphatic carbocycles. The summed E-state index contributed by atoms with van der Waals surface area (Å²) in [5.74, 6) is -0.912. The van der Waals surface area contributed by atoms with Crippen LogP contribution >= 0.6 is 15.9 Å². The van der Waals surface area contributed by atoms with E-state index in [1.165, 1.54) is 0 Å². The Kier molecular flexibility index (Phi) is 2.16. The highest BCUT2D eigenvalue weighted by Crippen LogP contribution is 2.32. The first-order chi connectivity index (χ1) is 8.16. The Balaban J connectivity index is 2.59. The maximum atomic E-state index is 9.41. The van der Waals surface area contributed by atoms with Gasteiger partial charge in [0, 0.05) is 9.86 Å². The summed E-state index contributed by atoms with van der Waals surface area (Å²) >= 11 is 3.45. The van der Waals surface area contributed by atoms with Crippen molar-refractivity contribution < 1.29 is 10.2 Å². The highest BCUT2D eigenvalue weighted by Gasteiger charge is 2.10. The molecule has 0 fully saturated rings. The van der Waals surface area contributed by atoms with Crippen molar-refractivity contribution in [2.24, 2.45) is 0 Å². The van der Waals surface area contributed by atoms with E-state index in [0.717, 1.165) is 15.2 Å². The zero-order chi connectivity index (χ0) is 12.0. The van der Waals surface area contributed by atoms with E-state index in [-0.39, 0.29) is 0 Å². The van der Waals surface area contributed by atoms with Gasteiger partial charge in [0.2, 0.25) is 0 Å². The molecular formula is C12H7BrN2O2. The minimum absolute atomic E-state index is 0.454. The first kappa shape index (κ1) is 10.3. The van der Waals surface area contributed by atoms with Gasteiger partial charge in [-0.2, -0.15) is 0 Å². The van der Waals surface area contributed by atoms with Crippen molar-refractivity contribution in [3.05, 3.63) is 34.8 Å². The Morgan fingerprint density at radius 2 is 1.59 bits per heavy atom. The van der Waals surface area contributed by atoms with Crippen molar-refractivity contribution in [3.8, 4) is 11.8 Å². The molecule has 1 heterocycles. The minimum atomic E-state index is -0.459. The molecule has 0 atom stereocenters. The summed E-state index contributed by atoms with van der Waals surface area (Å²) in [5.41, 5.74) is 1.10. The maximum Gasteiger partial charge on any atom is 0.276 e. The SMILES string of the molecule is Oc1nc2cc(Br)c3ccccc3c2nc1O. The molecular weight excluding hydrogens is 284 g/mol. The lowest BCUT2D eigenvalue weighted by Gasteiger charge is -2.05. The Morgan fingerprint density at radius 3 is 2.35 bits per heavy atom. The predicted octanol–water partition coefficient (Wildman–Crippen LogP) is 2.96. The molecule has 84 valence electrons. The summed E-state index contributed by atoms with van der Waals surface area (Å²) < 4.78 is 0.875. The van der Waals surface area contributed by atoms with E-state index in [9.17, 15) is 10.2 Å². The second-order valence-electron chi connectivity index (χ2n) is 3.64. The molecule has 0 radical (unpaired) electrons. The fourth-order valence-electron chi connectivity index (χ4n) is 1.82. The number of aromatic hydroxyl groups is 2. The van der Waals surface area contributed by atoms with Gasteiger partial charge in [0.25, 0.3) is 11.8 Å². The van der Waals surface area contributed by atoms with E-state index < -0.39 is 11.8 Å². The van der Waals surface area contributed by atoms with Crippen molar-refractivity contribution in [1.82, 2.24) is 9.97 Å². The van der Waals surface area contributed by atoms with Gasteiger partial charge in [-0.1, -0.05) is 40.2 Å². The van der Waals surface area contributed by atoms with E-state index in [4.69, 9.17) is 0 Å². The Labute approximate surface area is 105 Å². The maximum absolute atomic E-state index is 9.41. The molecule has 0 unspecified atom stereocenters. The summed E-state index contributed by atoms with van der Waals surface area (Å²) in [5, 5.41) is 20.6. The second-order valence-corrected chi connectivity index (χ2v) is 4.50. The summed E-state index contributed by atoms with van der Waals surface area (Å²) in [4.78, 5) is 7.87. The molecule has 3 aromatic rings. The minimum Gasteiger partial charge on any atom is -0.489 e. The van der Waals surface area contributed by atoms with E-state index in [1.54, 1.807) is 6.07 Å². The van der Waals surface area contributed by atoms with Crippen LogP contribution in [0.15, 0.2) is 34.8 Å². The third-order valence-corrected chi connectivity index (χ3v) is 3.25. The van der Waals surface area contributed by atoms with E-state index in [1.807, 2.05) is 24.3 Å². The Hall–Kier alpha value is -1.88. The molecule has 2 N–H and O–H groups in total. The largest absolute Gasteiger partial charge is 0.489 e. The molecule has 0 aliphatic heterocycles. The lowest BCUT2D eigenvalue weighted by Crippen LogP contribution is -1.88. The molecule has 0 saturated carbocycles. The van der Waals surface area contributed by atoms with Crippen molar-refractivity contribution in [2.45, 2.75) is 0 Å². The second kappa shape index (κ2) is 3.56. The lowest BCUT2D eigenvalue weighted by molar-refractivity contribution is 0.378. The van der Waals surface area contributed by atoms with Crippen molar-refractivity contribution in [1.29, 1.82) is 0 Å². The lowest BCUT2D eigenvalue weighted by atomic mass is 10.1. The third-order valence-electron chi connectivity index (χ3n) is 2.59. The summed E-state index contributed by atoms with van der Waals surface area (Å²) in [6.45, 7) is 0. The van der Waals surface area contributed by atoms with Crippen LogP contribution in [-0.4, -0.2) is 20.2 Å². The van der Waals surface area contributed by atoms with Crippen LogP contribution in [0.25, 0.3) is 21.8 Å². The van der Waals surface area contributed by atoms with Gasteiger partial charge in [0.05, 0.1) is 5.52 Å². The Bertz CT molecular complexity index is 743. The average Bonchev–Trinajstić information content (AvgIpc) is 2.32. The fraction of sp³-hybridized carbons (Fsp3) is 0. The van der Waals surface area contributed by atoms with Gasteiger partial charge in [-0.3, -0.25) is 0 Å². The van der Waals surface area contributed by atoms with Crippen LogP contribution in [0.2, 0.25) is 0 Å². The summed E-state index contributed by atoms with van der Waals surface area (Å²) in [7, 11) is 0. The van der Waals surface area contributed by atoms with E-state index >= 15 is 0 Å². The number of hydrogen-bond acceptors (Lipinski definition) is 4.